The third-order valence-electron chi connectivity index (χ3n) is 3.63. The molecule has 0 saturated carbocycles. The SMILES string of the molecule is CCOc1ccc(/C=C/C(=O)Nc2ccc(NC(=O)COC)cc2)cc1OC. The normalized spacial score (nSPS) is 10.5. The second kappa shape index (κ2) is 10.7. The zero-order chi connectivity index (χ0) is 20.4. The molecular weight excluding hydrogens is 360 g/mol. The van der Waals surface area contributed by atoms with Crippen molar-refractivity contribution in [2.24, 2.45) is 0 Å². The summed E-state index contributed by atoms with van der Waals surface area (Å²) >= 11 is 0. The van der Waals surface area contributed by atoms with Gasteiger partial charge in [0.15, 0.2) is 11.5 Å². The molecule has 0 unspecified atom stereocenters. The van der Waals surface area contributed by atoms with Gasteiger partial charge in [0.2, 0.25) is 11.8 Å². The molecule has 148 valence electrons. The number of carbonyl (C=O) groups is 2. The van der Waals surface area contributed by atoms with Gasteiger partial charge in [0.1, 0.15) is 6.61 Å². The van der Waals surface area contributed by atoms with E-state index in [2.05, 4.69) is 10.6 Å². The van der Waals surface area contributed by atoms with Crippen molar-refractivity contribution in [1.29, 1.82) is 0 Å². The van der Waals surface area contributed by atoms with Gasteiger partial charge in [-0.25, -0.2) is 0 Å². The number of ether oxygens (including phenoxy) is 3. The third-order valence-corrected chi connectivity index (χ3v) is 3.63. The van der Waals surface area contributed by atoms with Crippen LogP contribution in [0.2, 0.25) is 0 Å². The van der Waals surface area contributed by atoms with Crippen LogP contribution in [-0.4, -0.2) is 39.2 Å². The Morgan fingerprint density at radius 2 is 1.64 bits per heavy atom. The number of amides is 2. The van der Waals surface area contributed by atoms with Crippen molar-refractivity contribution < 1.29 is 23.8 Å². The van der Waals surface area contributed by atoms with Crippen molar-refractivity contribution in [2.45, 2.75) is 6.92 Å². The number of rotatable bonds is 9. The van der Waals surface area contributed by atoms with Gasteiger partial charge in [-0.1, -0.05) is 6.07 Å². The lowest BCUT2D eigenvalue weighted by Gasteiger charge is -2.09. The van der Waals surface area contributed by atoms with E-state index in [0.717, 1.165) is 5.56 Å². The Morgan fingerprint density at radius 3 is 2.25 bits per heavy atom. The molecule has 2 aromatic carbocycles. The molecule has 0 aromatic heterocycles. The minimum absolute atomic E-state index is 0.0143. The zero-order valence-electron chi connectivity index (χ0n) is 16.2. The molecule has 0 spiro atoms. The number of hydrogen-bond donors (Lipinski definition) is 2. The lowest BCUT2D eigenvalue weighted by molar-refractivity contribution is -0.119. The summed E-state index contributed by atoms with van der Waals surface area (Å²) in [5.41, 5.74) is 2.05. The quantitative estimate of drug-likeness (QED) is 0.648. The first kappa shape index (κ1) is 21.0. The molecule has 0 saturated heterocycles. The number of anilines is 2. The van der Waals surface area contributed by atoms with E-state index in [9.17, 15) is 9.59 Å². The highest BCUT2D eigenvalue weighted by Crippen LogP contribution is 2.28. The van der Waals surface area contributed by atoms with E-state index in [4.69, 9.17) is 14.2 Å². The van der Waals surface area contributed by atoms with E-state index in [1.807, 2.05) is 13.0 Å². The van der Waals surface area contributed by atoms with Gasteiger partial charge in [0, 0.05) is 24.6 Å². The predicted molar refractivity (Wildman–Crippen MR) is 109 cm³/mol. The van der Waals surface area contributed by atoms with Gasteiger partial charge in [0.25, 0.3) is 0 Å². The Bertz CT molecular complexity index is 831. The molecule has 2 amide bonds. The number of carbonyl (C=O) groups excluding carboxylic acids is 2. The van der Waals surface area contributed by atoms with Crippen LogP contribution in [-0.2, 0) is 14.3 Å². The molecule has 0 aliphatic carbocycles. The molecule has 0 aliphatic heterocycles. The highest BCUT2D eigenvalue weighted by Gasteiger charge is 2.05. The molecule has 2 rings (SSSR count). The maximum Gasteiger partial charge on any atom is 0.250 e. The molecule has 0 radical (unpaired) electrons. The van der Waals surface area contributed by atoms with Crippen molar-refractivity contribution in [2.75, 3.05) is 38.1 Å². The van der Waals surface area contributed by atoms with E-state index in [-0.39, 0.29) is 18.4 Å². The lowest BCUT2D eigenvalue weighted by Crippen LogP contribution is -2.17. The third kappa shape index (κ3) is 6.44. The van der Waals surface area contributed by atoms with Crippen molar-refractivity contribution in [3.05, 3.63) is 54.1 Å². The molecule has 2 N–H and O–H groups in total. The van der Waals surface area contributed by atoms with E-state index in [1.165, 1.54) is 13.2 Å². The molecule has 7 heteroatoms. The van der Waals surface area contributed by atoms with Gasteiger partial charge < -0.3 is 24.8 Å². The van der Waals surface area contributed by atoms with Crippen molar-refractivity contribution in [3.8, 4) is 11.5 Å². The molecule has 2 aromatic rings. The zero-order valence-corrected chi connectivity index (χ0v) is 16.2. The number of nitrogens with one attached hydrogen (secondary N) is 2. The summed E-state index contributed by atoms with van der Waals surface area (Å²) in [4.78, 5) is 23.6. The van der Waals surface area contributed by atoms with Gasteiger partial charge in [-0.3, -0.25) is 9.59 Å². The first-order chi connectivity index (χ1) is 13.5. The van der Waals surface area contributed by atoms with Crippen LogP contribution < -0.4 is 20.1 Å². The fraction of sp³-hybridized carbons (Fsp3) is 0.238. The molecule has 0 fully saturated rings. The molecular formula is C21H24N2O5. The topological polar surface area (TPSA) is 85.9 Å². The fourth-order valence-electron chi connectivity index (χ4n) is 2.38. The maximum absolute atomic E-state index is 12.1. The minimum atomic E-state index is -0.274. The molecule has 0 atom stereocenters. The van der Waals surface area contributed by atoms with Crippen molar-refractivity contribution >= 4 is 29.3 Å². The predicted octanol–water partition coefficient (Wildman–Crippen LogP) is 3.33. The summed E-state index contributed by atoms with van der Waals surface area (Å²) in [5, 5.41) is 5.44. The summed E-state index contributed by atoms with van der Waals surface area (Å²) in [6.45, 7) is 2.43. The van der Waals surface area contributed by atoms with Gasteiger partial charge in [-0.05, 0) is 55.0 Å². The van der Waals surface area contributed by atoms with Crippen molar-refractivity contribution in [1.82, 2.24) is 0 Å². The van der Waals surface area contributed by atoms with Gasteiger partial charge in [-0.2, -0.15) is 0 Å². The average molecular weight is 384 g/mol. The van der Waals surface area contributed by atoms with Crippen LogP contribution in [0.1, 0.15) is 12.5 Å². The van der Waals surface area contributed by atoms with Gasteiger partial charge in [-0.15, -0.1) is 0 Å². The van der Waals surface area contributed by atoms with E-state index >= 15 is 0 Å². The maximum atomic E-state index is 12.1. The molecule has 7 nitrogen and oxygen atoms in total. The lowest BCUT2D eigenvalue weighted by atomic mass is 10.2. The fourth-order valence-corrected chi connectivity index (χ4v) is 2.38. The van der Waals surface area contributed by atoms with Crippen LogP contribution in [0.25, 0.3) is 6.08 Å². The molecule has 0 heterocycles. The van der Waals surface area contributed by atoms with Crippen LogP contribution in [0.3, 0.4) is 0 Å². The largest absolute Gasteiger partial charge is 0.493 e. The Balaban J connectivity index is 1.95. The van der Waals surface area contributed by atoms with Crippen LogP contribution in [0, 0.1) is 0 Å². The number of hydrogen-bond acceptors (Lipinski definition) is 5. The van der Waals surface area contributed by atoms with Gasteiger partial charge in [0.05, 0.1) is 13.7 Å². The standard InChI is InChI=1S/C21H24N2O5/c1-4-28-18-11-5-15(13-19(18)27-3)6-12-20(24)22-16-7-9-17(10-8-16)23-21(25)14-26-2/h5-13H,4,14H2,1-3H3,(H,22,24)(H,23,25)/b12-6+. The molecule has 0 bridgehead atoms. The summed E-state index contributed by atoms with van der Waals surface area (Å²) < 4.78 is 15.5. The highest BCUT2D eigenvalue weighted by molar-refractivity contribution is 6.02. The second-order valence-corrected chi connectivity index (χ2v) is 5.72. The van der Waals surface area contributed by atoms with Crippen LogP contribution in [0.4, 0.5) is 11.4 Å². The molecule has 28 heavy (non-hydrogen) atoms. The monoisotopic (exact) mass is 384 g/mol. The summed E-state index contributed by atoms with van der Waals surface area (Å²) in [6.07, 6.45) is 3.12. The molecule has 0 aliphatic rings. The Hall–Kier alpha value is -3.32. The van der Waals surface area contributed by atoms with E-state index in [0.29, 0.717) is 29.5 Å². The first-order valence-electron chi connectivity index (χ1n) is 8.74. The summed E-state index contributed by atoms with van der Waals surface area (Å²) in [5.74, 6) is 0.747. The number of methoxy groups -OCH3 is 2. The van der Waals surface area contributed by atoms with E-state index < -0.39 is 0 Å². The van der Waals surface area contributed by atoms with Gasteiger partial charge >= 0.3 is 0 Å². The summed E-state index contributed by atoms with van der Waals surface area (Å²) in [7, 11) is 3.02. The smallest absolute Gasteiger partial charge is 0.250 e. The Labute approximate surface area is 164 Å². The highest BCUT2D eigenvalue weighted by atomic mass is 16.5. The van der Waals surface area contributed by atoms with Crippen LogP contribution >= 0.6 is 0 Å². The Morgan fingerprint density at radius 1 is 0.964 bits per heavy atom. The minimum Gasteiger partial charge on any atom is -0.493 e. The first-order valence-corrected chi connectivity index (χ1v) is 8.74. The van der Waals surface area contributed by atoms with Crippen LogP contribution in [0.15, 0.2) is 48.5 Å². The Kier molecular flexibility index (Phi) is 8.05. The second-order valence-electron chi connectivity index (χ2n) is 5.72. The summed E-state index contributed by atoms with van der Waals surface area (Å²) in [6, 6.07) is 12.2. The van der Waals surface area contributed by atoms with E-state index in [1.54, 1.807) is 49.6 Å². The number of benzene rings is 2. The van der Waals surface area contributed by atoms with Crippen LogP contribution in [0.5, 0.6) is 11.5 Å². The van der Waals surface area contributed by atoms with Crippen molar-refractivity contribution in [3.63, 3.8) is 0 Å². The average Bonchev–Trinajstić information content (AvgIpc) is 2.69.